The zero-order valence-corrected chi connectivity index (χ0v) is 17.9. The molecule has 0 spiro atoms. The van der Waals surface area contributed by atoms with Crippen molar-refractivity contribution in [2.45, 2.75) is 19.0 Å². The molecule has 4 aromatic rings. The third-order valence-corrected chi connectivity index (χ3v) is 5.99. The summed E-state index contributed by atoms with van der Waals surface area (Å²) in [6, 6.07) is 18.6. The van der Waals surface area contributed by atoms with Crippen LogP contribution >= 0.6 is 11.8 Å². The topological polar surface area (TPSA) is 64.0 Å². The molecule has 1 N–H and O–H groups in total. The Bertz CT molecular complexity index is 1350. The third kappa shape index (κ3) is 4.22. The van der Waals surface area contributed by atoms with Gasteiger partial charge in [-0.15, -0.1) is 0 Å². The van der Waals surface area contributed by atoms with Crippen LogP contribution < -0.4 is 10.9 Å². The second kappa shape index (κ2) is 8.73. The number of thioether (sulfide) groups is 1. The zero-order chi connectivity index (χ0) is 22.0. The van der Waals surface area contributed by atoms with Crippen molar-refractivity contribution < 1.29 is 9.18 Å². The highest BCUT2D eigenvalue weighted by Crippen LogP contribution is 2.24. The molecule has 0 saturated heterocycles. The van der Waals surface area contributed by atoms with E-state index in [1.807, 2.05) is 32.0 Å². The average Bonchev–Trinajstić information content (AvgIpc) is 2.76. The number of carbonyl (C=O) groups excluding carboxylic acids is 1. The fourth-order valence-corrected chi connectivity index (χ4v) is 4.06. The van der Waals surface area contributed by atoms with Gasteiger partial charge in [-0.05, 0) is 55.3 Å². The van der Waals surface area contributed by atoms with Gasteiger partial charge in [-0.2, -0.15) is 0 Å². The SMILES string of the molecule is Cc1cccc(NC(=O)CSc2nc3ccccc3c(=O)n2-c2ccccc2F)c1C. The quantitative estimate of drug-likeness (QED) is 0.360. The number of halogens is 1. The number of aromatic nitrogens is 2. The summed E-state index contributed by atoms with van der Waals surface area (Å²) in [4.78, 5) is 30.3. The van der Waals surface area contributed by atoms with Gasteiger partial charge >= 0.3 is 0 Å². The van der Waals surface area contributed by atoms with Crippen molar-refractivity contribution in [3.8, 4) is 5.69 Å². The maximum atomic E-state index is 14.5. The normalized spacial score (nSPS) is 10.9. The van der Waals surface area contributed by atoms with Crippen LogP contribution in [0.5, 0.6) is 0 Å². The van der Waals surface area contributed by atoms with Crippen LogP contribution in [0.3, 0.4) is 0 Å². The number of nitrogens with one attached hydrogen (secondary N) is 1. The molecule has 156 valence electrons. The van der Waals surface area contributed by atoms with Crippen LogP contribution in [-0.2, 0) is 4.79 Å². The van der Waals surface area contributed by atoms with E-state index in [2.05, 4.69) is 10.3 Å². The number of hydrogen-bond acceptors (Lipinski definition) is 4. The fraction of sp³-hybridized carbons (Fsp3) is 0.125. The molecular weight excluding hydrogens is 413 g/mol. The first kappa shape index (κ1) is 20.8. The Hall–Kier alpha value is -3.45. The lowest BCUT2D eigenvalue weighted by Gasteiger charge is -2.14. The summed E-state index contributed by atoms with van der Waals surface area (Å²) in [5, 5.41) is 3.53. The molecule has 0 atom stereocenters. The highest BCUT2D eigenvalue weighted by atomic mass is 32.2. The van der Waals surface area contributed by atoms with E-state index in [1.54, 1.807) is 36.4 Å². The van der Waals surface area contributed by atoms with Crippen molar-refractivity contribution in [2.24, 2.45) is 0 Å². The molecule has 0 radical (unpaired) electrons. The molecule has 1 amide bonds. The van der Waals surface area contributed by atoms with E-state index in [9.17, 15) is 14.0 Å². The van der Waals surface area contributed by atoms with Gasteiger partial charge in [0.05, 0.1) is 22.3 Å². The monoisotopic (exact) mass is 433 g/mol. The van der Waals surface area contributed by atoms with Gasteiger partial charge in [-0.1, -0.05) is 48.2 Å². The molecule has 0 saturated carbocycles. The van der Waals surface area contributed by atoms with Crippen LogP contribution in [0.15, 0.2) is 76.7 Å². The minimum Gasteiger partial charge on any atom is -0.325 e. The Morgan fingerprint density at radius 2 is 1.77 bits per heavy atom. The Balaban J connectivity index is 1.69. The number of rotatable bonds is 5. The minimum absolute atomic E-state index is 0.0205. The lowest BCUT2D eigenvalue weighted by atomic mass is 10.1. The van der Waals surface area contributed by atoms with Gasteiger partial charge in [-0.3, -0.25) is 14.2 Å². The largest absolute Gasteiger partial charge is 0.325 e. The first-order valence-electron chi connectivity index (χ1n) is 9.71. The summed E-state index contributed by atoms with van der Waals surface area (Å²) in [5.41, 5.74) is 3.03. The molecule has 4 rings (SSSR count). The summed E-state index contributed by atoms with van der Waals surface area (Å²) < 4.78 is 15.8. The van der Waals surface area contributed by atoms with Crippen molar-refractivity contribution in [3.63, 3.8) is 0 Å². The van der Waals surface area contributed by atoms with Crippen LogP contribution in [0.2, 0.25) is 0 Å². The number of nitrogens with zero attached hydrogens (tertiary/aromatic N) is 2. The van der Waals surface area contributed by atoms with Crippen LogP contribution in [0.1, 0.15) is 11.1 Å². The number of para-hydroxylation sites is 2. The summed E-state index contributed by atoms with van der Waals surface area (Å²) in [7, 11) is 0. The van der Waals surface area contributed by atoms with E-state index in [4.69, 9.17) is 0 Å². The maximum Gasteiger partial charge on any atom is 0.266 e. The van der Waals surface area contributed by atoms with E-state index in [1.165, 1.54) is 16.7 Å². The van der Waals surface area contributed by atoms with Crippen LogP contribution in [0.4, 0.5) is 10.1 Å². The Morgan fingerprint density at radius 1 is 1.03 bits per heavy atom. The molecule has 0 aliphatic heterocycles. The molecule has 3 aromatic carbocycles. The molecule has 0 fully saturated rings. The Labute approximate surface area is 182 Å². The minimum atomic E-state index is -0.539. The molecule has 0 aliphatic rings. The van der Waals surface area contributed by atoms with Crippen LogP contribution in [0.25, 0.3) is 16.6 Å². The number of fused-ring (bicyclic) bond motifs is 1. The van der Waals surface area contributed by atoms with Crippen molar-refractivity contribution in [2.75, 3.05) is 11.1 Å². The van der Waals surface area contributed by atoms with Gasteiger partial charge in [0.1, 0.15) is 5.82 Å². The number of hydrogen-bond donors (Lipinski definition) is 1. The van der Waals surface area contributed by atoms with Crippen molar-refractivity contribution in [3.05, 3.63) is 94.0 Å². The number of carbonyl (C=O) groups is 1. The smallest absolute Gasteiger partial charge is 0.266 e. The van der Waals surface area contributed by atoms with E-state index >= 15 is 0 Å². The van der Waals surface area contributed by atoms with Crippen molar-refractivity contribution in [1.82, 2.24) is 9.55 Å². The maximum absolute atomic E-state index is 14.5. The fourth-order valence-electron chi connectivity index (χ4n) is 3.26. The summed E-state index contributed by atoms with van der Waals surface area (Å²) >= 11 is 1.09. The van der Waals surface area contributed by atoms with Crippen LogP contribution in [-0.4, -0.2) is 21.2 Å². The second-order valence-electron chi connectivity index (χ2n) is 7.09. The molecule has 7 heteroatoms. The molecule has 0 bridgehead atoms. The van der Waals surface area contributed by atoms with E-state index in [-0.39, 0.29) is 28.1 Å². The van der Waals surface area contributed by atoms with E-state index in [0.29, 0.717) is 10.9 Å². The van der Waals surface area contributed by atoms with E-state index < -0.39 is 5.82 Å². The van der Waals surface area contributed by atoms with Crippen LogP contribution in [0, 0.1) is 19.7 Å². The second-order valence-corrected chi connectivity index (χ2v) is 8.03. The highest BCUT2D eigenvalue weighted by Gasteiger charge is 2.17. The third-order valence-electron chi connectivity index (χ3n) is 5.05. The number of anilines is 1. The van der Waals surface area contributed by atoms with Gasteiger partial charge in [0.2, 0.25) is 5.91 Å². The van der Waals surface area contributed by atoms with E-state index in [0.717, 1.165) is 28.6 Å². The first-order chi connectivity index (χ1) is 15.0. The van der Waals surface area contributed by atoms with Gasteiger partial charge in [0.15, 0.2) is 5.16 Å². The summed E-state index contributed by atoms with van der Waals surface area (Å²) in [6.07, 6.45) is 0. The lowest BCUT2D eigenvalue weighted by molar-refractivity contribution is -0.113. The first-order valence-corrected chi connectivity index (χ1v) is 10.7. The van der Waals surface area contributed by atoms with Crippen molar-refractivity contribution in [1.29, 1.82) is 0 Å². The Morgan fingerprint density at radius 3 is 2.58 bits per heavy atom. The van der Waals surface area contributed by atoms with Crippen molar-refractivity contribution >= 4 is 34.3 Å². The average molecular weight is 434 g/mol. The van der Waals surface area contributed by atoms with Gasteiger partial charge in [0, 0.05) is 5.69 Å². The molecular formula is C24H20FN3O2S. The lowest BCUT2D eigenvalue weighted by Crippen LogP contribution is -2.23. The number of benzene rings is 3. The number of aryl methyl sites for hydroxylation is 1. The molecule has 0 unspecified atom stereocenters. The van der Waals surface area contributed by atoms with Gasteiger partial charge in [-0.25, -0.2) is 9.37 Å². The molecule has 31 heavy (non-hydrogen) atoms. The zero-order valence-electron chi connectivity index (χ0n) is 17.1. The standard InChI is InChI=1S/C24H20FN3O2S/c1-15-8-7-12-19(16(15)2)26-22(29)14-31-24-27-20-11-5-3-9-17(20)23(30)28(24)21-13-6-4-10-18(21)25/h3-13H,14H2,1-2H3,(H,26,29). The summed E-state index contributed by atoms with van der Waals surface area (Å²) in [6.45, 7) is 3.92. The van der Waals surface area contributed by atoms with Gasteiger partial charge < -0.3 is 5.32 Å². The molecule has 5 nitrogen and oxygen atoms in total. The molecule has 0 aliphatic carbocycles. The summed E-state index contributed by atoms with van der Waals surface area (Å²) in [5.74, 6) is -0.753. The molecule has 1 aromatic heterocycles. The predicted octanol–water partition coefficient (Wildman–Crippen LogP) is 4.87. The number of amides is 1. The Kier molecular flexibility index (Phi) is 5.86. The molecule has 1 heterocycles. The predicted molar refractivity (Wildman–Crippen MR) is 123 cm³/mol. The van der Waals surface area contributed by atoms with Gasteiger partial charge in [0.25, 0.3) is 5.56 Å². The highest BCUT2D eigenvalue weighted by molar-refractivity contribution is 7.99.